The summed E-state index contributed by atoms with van der Waals surface area (Å²) in [6.45, 7) is 8.81. The first-order chi connectivity index (χ1) is 11.4. The van der Waals surface area contributed by atoms with Gasteiger partial charge in [-0.1, -0.05) is 26.0 Å². The van der Waals surface area contributed by atoms with Crippen molar-refractivity contribution in [2.24, 2.45) is 11.1 Å². The van der Waals surface area contributed by atoms with Gasteiger partial charge < -0.3 is 20.1 Å². The fourth-order valence-corrected chi connectivity index (χ4v) is 2.99. The topological polar surface area (TPSA) is 64.8 Å². The van der Waals surface area contributed by atoms with Crippen LogP contribution in [0.3, 0.4) is 0 Å². The molecule has 2 N–H and O–H groups in total. The van der Waals surface area contributed by atoms with Crippen molar-refractivity contribution in [3.63, 3.8) is 0 Å². The Morgan fingerprint density at radius 2 is 1.92 bits per heavy atom. The number of halogens is 1. The average Bonchev–Trinajstić information content (AvgIpc) is 2.55. The summed E-state index contributed by atoms with van der Waals surface area (Å²) in [6.07, 6.45) is 2.07. The van der Waals surface area contributed by atoms with E-state index in [0.717, 1.165) is 31.0 Å². The first-order valence-electron chi connectivity index (χ1n) is 8.82. The molecule has 1 unspecified atom stereocenters. The molecular weight excluding hydrogens is 340 g/mol. The van der Waals surface area contributed by atoms with E-state index in [0.29, 0.717) is 26.1 Å². The number of likely N-dealkylation sites (tertiary alicyclic amines) is 1. The Balaban J connectivity index is 0.00000312. The van der Waals surface area contributed by atoms with E-state index in [9.17, 15) is 4.79 Å². The Morgan fingerprint density at radius 1 is 1.28 bits per heavy atom. The lowest BCUT2D eigenvalue weighted by Gasteiger charge is -2.42. The van der Waals surface area contributed by atoms with Crippen LogP contribution in [0, 0.1) is 5.41 Å². The second-order valence-electron chi connectivity index (χ2n) is 7.03. The lowest BCUT2D eigenvalue weighted by molar-refractivity contribution is -0.134. The van der Waals surface area contributed by atoms with Crippen molar-refractivity contribution in [1.29, 1.82) is 0 Å². The quantitative estimate of drug-likeness (QED) is 0.748. The third kappa shape index (κ3) is 6.08. The van der Waals surface area contributed by atoms with Crippen LogP contribution in [0.25, 0.3) is 0 Å². The smallest absolute Gasteiger partial charge is 0.222 e. The van der Waals surface area contributed by atoms with Crippen LogP contribution < -0.4 is 15.2 Å². The van der Waals surface area contributed by atoms with Crippen molar-refractivity contribution in [1.82, 2.24) is 4.90 Å². The Morgan fingerprint density at radius 3 is 2.52 bits per heavy atom. The highest BCUT2D eigenvalue weighted by atomic mass is 35.5. The number of amides is 1. The van der Waals surface area contributed by atoms with Crippen LogP contribution in [-0.2, 0) is 4.79 Å². The van der Waals surface area contributed by atoms with Crippen molar-refractivity contribution in [3.05, 3.63) is 24.3 Å². The summed E-state index contributed by atoms with van der Waals surface area (Å²) in [5.74, 6) is 1.67. The fraction of sp³-hybridized carbons (Fsp3) is 0.632. The molecule has 5 nitrogen and oxygen atoms in total. The summed E-state index contributed by atoms with van der Waals surface area (Å²) >= 11 is 0. The number of nitrogens with zero attached hydrogens (tertiary/aromatic N) is 1. The van der Waals surface area contributed by atoms with E-state index in [4.69, 9.17) is 15.2 Å². The predicted octanol–water partition coefficient (Wildman–Crippen LogP) is 3.25. The van der Waals surface area contributed by atoms with Gasteiger partial charge in [0, 0.05) is 25.6 Å². The molecule has 1 fully saturated rings. The molecular formula is C19H31ClN2O3. The van der Waals surface area contributed by atoms with Gasteiger partial charge in [0.2, 0.25) is 5.91 Å². The number of ether oxygens (including phenoxy) is 2. The summed E-state index contributed by atoms with van der Waals surface area (Å²) < 4.78 is 11.3. The lowest BCUT2D eigenvalue weighted by atomic mass is 9.79. The number of hydrogen-bond donors (Lipinski definition) is 1. The van der Waals surface area contributed by atoms with E-state index >= 15 is 0 Å². The van der Waals surface area contributed by atoms with Gasteiger partial charge in [-0.3, -0.25) is 4.79 Å². The molecule has 1 aliphatic heterocycles. The number of rotatable bonds is 7. The zero-order valence-corrected chi connectivity index (χ0v) is 16.3. The second kappa shape index (κ2) is 9.88. The number of hydrogen-bond acceptors (Lipinski definition) is 4. The Hall–Kier alpha value is -1.46. The van der Waals surface area contributed by atoms with Gasteiger partial charge in [0.1, 0.15) is 0 Å². The van der Waals surface area contributed by atoms with Crippen LogP contribution in [0.15, 0.2) is 24.3 Å². The van der Waals surface area contributed by atoms with Gasteiger partial charge in [0.15, 0.2) is 11.5 Å². The first-order valence-corrected chi connectivity index (χ1v) is 8.82. The van der Waals surface area contributed by atoms with Gasteiger partial charge >= 0.3 is 0 Å². The highest BCUT2D eigenvalue weighted by Crippen LogP contribution is 2.28. The maximum Gasteiger partial charge on any atom is 0.222 e. The normalized spacial score (nSPS) is 19.0. The number of piperidine rings is 1. The fourth-order valence-electron chi connectivity index (χ4n) is 2.99. The van der Waals surface area contributed by atoms with E-state index in [-0.39, 0.29) is 29.8 Å². The molecule has 0 radical (unpaired) electrons. The van der Waals surface area contributed by atoms with Gasteiger partial charge in [-0.15, -0.1) is 12.4 Å². The van der Waals surface area contributed by atoms with Crippen LogP contribution in [-0.4, -0.2) is 43.2 Å². The SMILES string of the molecule is CCOc1ccccc1OCCCC(=O)N1CCC(N)C(C)(C)C1.Cl. The standard InChI is InChI=1S/C19H30N2O3.ClH/c1-4-23-15-8-5-6-9-16(15)24-13-7-10-18(22)21-12-11-17(20)19(2,3)14-21;/h5-6,8-9,17H,4,7,10-14,20H2,1-3H3;1H. The van der Waals surface area contributed by atoms with E-state index in [2.05, 4.69) is 13.8 Å². The molecule has 1 atom stereocenters. The van der Waals surface area contributed by atoms with E-state index in [1.807, 2.05) is 36.1 Å². The Bertz CT molecular complexity index is 551. The van der Waals surface area contributed by atoms with Crippen molar-refractivity contribution >= 4 is 18.3 Å². The zero-order valence-electron chi connectivity index (χ0n) is 15.5. The number of nitrogens with two attached hydrogens (primary N) is 1. The number of carbonyl (C=O) groups excluding carboxylic acids is 1. The third-order valence-corrected chi connectivity index (χ3v) is 4.61. The van der Waals surface area contributed by atoms with Gasteiger partial charge in [-0.25, -0.2) is 0 Å². The minimum Gasteiger partial charge on any atom is -0.490 e. The van der Waals surface area contributed by atoms with Gasteiger partial charge in [-0.2, -0.15) is 0 Å². The molecule has 142 valence electrons. The number of benzene rings is 1. The minimum absolute atomic E-state index is 0. The van der Waals surface area contributed by atoms with Crippen LogP contribution in [0.4, 0.5) is 0 Å². The summed E-state index contributed by atoms with van der Waals surface area (Å²) in [7, 11) is 0. The van der Waals surface area contributed by atoms with Crippen molar-refractivity contribution < 1.29 is 14.3 Å². The third-order valence-electron chi connectivity index (χ3n) is 4.61. The highest BCUT2D eigenvalue weighted by Gasteiger charge is 2.34. The first kappa shape index (κ1) is 21.6. The predicted molar refractivity (Wildman–Crippen MR) is 103 cm³/mol. The summed E-state index contributed by atoms with van der Waals surface area (Å²) in [4.78, 5) is 14.3. The zero-order chi connectivity index (χ0) is 17.6. The van der Waals surface area contributed by atoms with Crippen LogP contribution in [0.1, 0.15) is 40.0 Å². The molecule has 1 aromatic rings. The number of para-hydroxylation sites is 2. The van der Waals surface area contributed by atoms with E-state index in [1.54, 1.807) is 0 Å². The van der Waals surface area contributed by atoms with Gasteiger partial charge in [0.25, 0.3) is 0 Å². The Labute approximate surface area is 157 Å². The maximum absolute atomic E-state index is 12.4. The molecule has 0 aliphatic carbocycles. The molecule has 0 aromatic heterocycles. The molecule has 1 saturated heterocycles. The van der Waals surface area contributed by atoms with E-state index in [1.165, 1.54) is 0 Å². The molecule has 0 bridgehead atoms. The van der Waals surface area contributed by atoms with Crippen LogP contribution in [0.5, 0.6) is 11.5 Å². The monoisotopic (exact) mass is 370 g/mol. The molecule has 1 amide bonds. The molecule has 2 rings (SSSR count). The average molecular weight is 371 g/mol. The van der Waals surface area contributed by atoms with Crippen LogP contribution >= 0.6 is 12.4 Å². The molecule has 1 heterocycles. The van der Waals surface area contributed by atoms with E-state index < -0.39 is 0 Å². The van der Waals surface area contributed by atoms with Crippen LogP contribution in [0.2, 0.25) is 0 Å². The minimum atomic E-state index is -0.0131. The molecule has 1 aliphatic rings. The number of carbonyl (C=O) groups is 1. The summed E-state index contributed by atoms with van der Waals surface area (Å²) in [6, 6.07) is 7.79. The molecule has 0 saturated carbocycles. The van der Waals surface area contributed by atoms with Crippen molar-refractivity contribution in [2.45, 2.75) is 46.1 Å². The van der Waals surface area contributed by atoms with Crippen molar-refractivity contribution in [2.75, 3.05) is 26.3 Å². The molecule has 25 heavy (non-hydrogen) atoms. The lowest BCUT2D eigenvalue weighted by Crippen LogP contribution is -2.54. The van der Waals surface area contributed by atoms with Gasteiger partial charge in [0.05, 0.1) is 13.2 Å². The Kier molecular flexibility index (Phi) is 8.53. The highest BCUT2D eigenvalue weighted by molar-refractivity contribution is 5.85. The summed E-state index contributed by atoms with van der Waals surface area (Å²) in [5, 5.41) is 0. The maximum atomic E-state index is 12.4. The van der Waals surface area contributed by atoms with Gasteiger partial charge in [-0.05, 0) is 37.3 Å². The molecule has 0 spiro atoms. The second-order valence-corrected chi connectivity index (χ2v) is 7.03. The molecule has 1 aromatic carbocycles. The molecule has 6 heteroatoms. The van der Waals surface area contributed by atoms with Crippen molar-refractivity contribution in [3.8, 4) is 11.5 Å². The summed E-state index contributed by atoms with van der Waals surface area (Å²) in [5.41, 5.74) is 6.12. The largest absolute Gasteiger partial charge is 0.490 e.